The zero-order valence-electron chi connectivity index (χ0n) is 5.78. The zero-order chi connectivity index (χ0) is 7.56. The van der Waals surface area contributed by atoms with E-state index in [4.69, 9.17) is 9.94 Å². The maximum Gasteiger partial charge on any atom is 0.345 e. The summed E-state index contributed by atoms with van der Waals surface area (Å²) in [6.45, 7) is 1.14. The van der Waals surface area contributed by atoms with E-state index in [1.54, 1.807) is 0 Å². The van der Waals surface area contributed by atoms with Crippen LogP contribution in [0.15, 0.2) is 0 Å². The highest BCUT2D eigenvalue weighted by Gasteiger charge is 2.26. The second kappa shape index (κ2) is 2.85. The van der Waals surface area contributed by atoms with Gasteiger partial charge in [0, 0.05) is 13.7 Å². The first kappa shape index (κ1) is 7.30. The largest absolute Gasteiger partial charge is 0.364 e. The number of carbonyl (C=O) groups excluding carboxylic acids is 1. The molecular weight excluding hydrogens is 136 g/mol. The molecule has 58 valence electrons. The van der Waals surface area contributed by atoms with Crippen molar-refractivity contribution in [3.8, 4) is 0 Å². The molecule has 0 atom stereocenters. The molecule has 1 heterocycles. The molecule has 1 fully saturated rings. The van der Waals surface area contributed by atoms with Crippen molar-refractivity contribution in [2.45, 2.75) is 0 Å². The average Bonchev–Trinajstić information content (AvgIpc) is 2.20. The first-order valence-electron chi connectivity index (χ1n) is 3.00. The lowest BCUT2D eigenvalue weighted by Gasteiger charge is -2.12. The standard InChI is InChI=1S/C5H10N2O3/c1-10-4-6-2-3-7(9)5(6)8/h9H,2-4H2,1H3. The molecule has 1 N–H and O–H groups in total. The Balaban J connectivity index is 2.41. The van der Waals surface area contributed by atoms with Crippen molar-refractivity contribution in [2.24, 2.45) is 0 Å². The summed E-state index contributed by atoms with van der Waals surface area (Å²) in [5, 5.41) is 9.46. The number of nitrogens with zero attached hydrogens (tertiary/aromatic N) is 2. The summed E-state index contributed by atoms with van der Waals surface area (Å²) < 4.78 is 4.71. The van der Waals surface area contributed by atoms with Gasteiger partial charge in [0.25, 0.3) is 0 Å². The Morgan fingerprint density at radius 3 is 2.80 bits per heavy atom. The van der Waals surface area contributed by atoms with Crippen molar-refractivity contribution in [3.05, 3.63) is 0 Å². The smallest absolute Gasteiger partial charge is 0.345 e. The maximum atomic E-state index is 10.8. The molecule has 0 aromatic rings. The van der Waals surface area contributed by atoms with Crippen LogP contribution in [0.5, 0.6) is 0 Å². The number of hydrogen-bond acceptors (Lipinski definition) is 3. The van der Waals surface area contributed by atoms with E-state index in [1.165, 1.54) is 12.0 Å². The molecule has 0 aromatic carbocycles. The summed E-state index contributed by atoms with van der Waals surface area (Å²) in [6.07, 6.45) is 0. The van der Waals surface area contributed by atoms with E-state index in [-0.39, 0.29) is 12.8 Å². The molecule has 0 spiro atoms. The number of urea groups is 1. The third-order valence-electron chi connectivity index (χ3n) is 1.36. The Hall–Kier alpha value is -0.810. The fourth-order valence-corrected chi connectivity index (χ4v) is 0.846. The molecule has 1 aliphatic rings. The lowest BCUT2D eigenvalue weighted by atomic mass is 10.6. The molecule has 1 aliphatic heterocycles. The van der Waals surface area contributed by atoms with E-state index in [0.717, 1.165) is 0 Å². The van der Waals surface area contributed by atoms with Gasteiger partial charge in [-0.1, -0.05) is 0 Å². The van der Waals surface area contributed by atoms with Crippen molar-refractivity contribution >= 4 is 6.03 Å². The van der Waals surface area contributed by atoms with E-state index < -0.39 is 0 Å². The number of ether oxygens (including phenoxy) is 1. The topological polar surface area (TPSA) is 53.0 Å². The van der Waals surface area contributed by atoms with Crippen molar-refractivity contribution in [3.63, 3.8) is 0 Å². The van der Waals surface area contributed by atoms with Crippen LogP contribution >= 0.6 is 0 Å². The normalized spacial score (nSPS) is 18.8. The van der Waals surface area contributed by atoms with Gasteiger partial charge in [-0.3, -0.25) is 10.1 Å². The lowest BCUT2D eigenvalue weighted by molar-refractivity contribution is -0.0294. The fraction of sp³-hybridized carbons (Fsp3) is 0.800. The molecule has 10 heavy (non-hydrogen) atoms. The van der Waals surface area contributed by atoms with Crippen LogP contribution in [0.1, 0.15) is 0 Å². The highest BCUT2D eigenvalue weighted by molar-refractivity contribution is 5.74. The first-order chi connectivity index (χ1) is 4.75. The van der Waals surface area contributed by atoms with Crippen LogP contribution in [0.3, 0.4) is 0 Å². The second-order valence-corrected chi connectivity index (χ2v) is 2.09. The number of hydroxylamine groups is 2. The van der Waals surface area contributed by atoms with E-state index in [0.29, 0.717) is 18.2 Å². The molecule has 0 unspecified atom stereocenters. The predicted octanol–water partition coefficient (Wildman–Crippen LogP) is -0.283. The number of rotatable bonds is 2. The molecule has 0 aromatic heterocycles. The van der Waals surface area contributed by atoms with Gasteiger partial charge in [-0.25, -0.2) is 9.86 Å². The highest BCUT2D eigenvalue weighted by Crippen LogP contribution is 2.03. The Morgan fingerprint density at radius 2 is 2.40 bits per heavy atom. The van der Waals surface area contributed by atoms with Gasteiger partial charge in [0.05, 0.1) is 6.54 Å². The molecule has 0 saturated carbocycles. The van der Waals surface area contributed by atoms with Crippen LogP contribution in [0.25, 0.3) is 0 Å². The van der Waals surface area contributed by atoms with Gasteiger partial charge >= 0.3 is 6.03 Å². The maximum absolute atomic E-state index is 10.8. The average molecular weight is 146 g/mol. The van der Waals surface area contributed by atoms with Gasteiger partial charge in [0.2, 0.25) is 0 Å². The van der Waals surface area contributed by atoms with Crippen molar-refractivity contribution in [1.29, 1.82) is 0 Å². The Labute approximate surface area is 58.7 Å². The van der Waals surface area contributed by atoms with Gasteiger partial charge in [0.15, 0.2) is 0 Å². The number of amides is 2. The van der Waals surface area contributed by atoms with Crippen LogP contribution in [-0.2, 0) is 4.74 Å². The van der Waals surface area contributed by atoms with Gasteiger partial charge in [-0.05, 0) is 0 Å². The number of hydrogen-bond donors (Lipinski definition) is 1. The Morgan fingerprint density at radius 1 is 1.70 bits per heavy atom. The van der Waals surface area contributed by atoms with Crippen molar-refractivity contribution < 1.29 is 14.7 Å². The summed E-state index contributed by atoms with van der Waals surface area (Å²) in [5.41, 5.74) is 0. The van der Waals surface area contributed by atoms with Crippen LogP contribution in [-0.4, -0.2) is 48.1 Å². The van der Waals surface area contributed by atoms with Crippen LogP contribution < -0.4 is 0 Å². The number of carbonyl (C=O) groups is 1. The molecule has 5 nitrogen and oxygen atoms in total. The van der Waals surface area contributed by atoms with Crippen molar-refractivity contribution in [2.75, 3.05) is 26.9 Å². The minimum atomic E-state index is -0.387. The third-order valence-corrected chi connectivity index (χ3v) is 1.36. The predicted molar refractivity (Wildman–Crippen MR) is 32.5 cm³/mol. The molecule has 5 heteroatoms. The molecule has 0 bridgehead atoms. The molecule has 1 rings (SSSR count). The highest BCUT2D eigenvalue weighted by atomic mass is 16.5. The van der Waals surface area contributed by atoms with E-state index in [1.807, 2.05) is 0 Å². The third kappa shape index (κ3) is 1.19. The van der Waals surface area contributed by atoms with E-state index >= 15 is 0 Å². The fourth-order valence-electron chi connectivity index (χ4n) is 0.846. The van der Waals surface area contributed by atoms with E-state index in [9.17, 15) is 4.79 Å². The monoisotopic (exact) mass is 146 g/mol. The molecule has 0 radical (unpaired) electrons. The van der Waals surface area contributed by atoms with Gasteiger partial charge < -0.3 is 4.74 Å². The van der Waals surface area contributed by atoms with E-state index in [2.05, 4.69) is 0 Å². The minimum Gasteiger partial charge on any atom is -0.364 e. The molecule has 2 amide bonds. The summed E-state index contributed by atoms with van der Waals surface area (Å²) in [7, 11) is 1.51. The number of methoxy groups -OCH3 is 1. The zero-order valence-corrected chi connectivity index (χ0v) is 5.78. The molecular formula is C5H10N2O3. The molecule has 0 aliphatic carbocycles. The van der Waals surface area contributed by atoms with Crippen LogP contribution in [0.4, 0.5) is 4.79 Å². The van der Waals surface area contributed by atoms with Crippen molar-refractivity contribution in [1.82, 2.24) is 9.96 Å². The Kier molecular flexibility index (Phi) is 2.08. The SMILES string of the molecule is COCN1CCN(O)C1=O. The summed E-state index contributed by atoms with van der Waals surface area (Å²) >= 11 is 0. The Bertz CT molecular complexity index is 137. The summed E-state index contributed by atoms with van der Waals surface area (Å²) in [6, 6.07) is -0.387. The van der Waals surface area contributed by atoms with Gasteiger partial charge in [-0.15, -0.1) is 0 Å². The quantitative estimate of drug-likeness (QED) is 0.545. The second-order valence-electron chi connectivity index (χ2n) is 2.09. The molecule has 1 saturated heterocycles. The van der Waals surface area contributed by atoms with Crippen LogP contribution in [0, 0.1) is 0 Å². The minimum absolute atomic E-state index is 0.246. The van der Waals surface area contributed by atoms with Gasteiger partial charge in [-0.2, -0.15) is 0 Å². The van der Waals surface area contributed by atoms with Gasteiger partial charge in [0.1, 0.15) is 6.73 Å². The summed E-state index contributed by atoms with van der Waals surface area (Å²) in [4.78, 5) is 12.2. The first-order valence-corrected chi connectivity index (χ1v) is 3.00. The summed E-state index contributed by atoms with van der Waals surface area (Å²) in [5.74, 6) is 0. The van der Waals surface area contributed by atoms with Crippen LogP contribution in [0.2, 0.25) is 0 Å². The lowest BCUT2D eigenvalue weighted by Crippen LogP contribution is -2.31.